The lowest BCUT2D eigenvalue weighted by Crippen LogP contribution is -2.45. The molecule has 1 aliphatic rings. The van der Waals surface area contributed by atoms with Crippen molar-refractivity contribution in [3.05, 3.63) is 41.3 Å². The van der Waals surface area contributed by atoms with Crippen molar-refractivity contribution in [2.45, 2.75) is 39.8 Å². The molecular formula is C17H25N5. The fraction of sp³-hybridized carbons (Fsp3) is 0.529. The van der Waals surface area contributed by atoms with Gasteiger partial charge < -0.3 is 5.73 Å². The molecule has 3 rings (SSSR count). The van der Waals surface area contributed by atoms with Gasteiger partial charge in [0.25, 0.3) is 0 Å². The van der Waals surface area contributed by atoms with Crippen molar-refractivity contribution in [1.82, 2.24) is 19.7 Å². The molecule has 0 saturated carbocycles. The van der Waals surface area contributed by atoms with E-state index < -0.39 is 0 Å². The Kier molecular flexibility index (Phi) is 4.27. The zero-order valence-electron chi connectivity index (χ0n) is 13.7. The number of aryl methyl sites for hydroxylation is 1. The lowest BCUT2D eigenvalue weighted by Gasteiger charge is -2.35. The van der Waals surface area contributed by atoms with E-state index in [1.807, 2.05) is 22.9 Å². The third-order valence-electron chi connectivity index (χ3n) is 4.74. The van der Waals surface area contributed by atoms with Crippen LogP contribution in [0.2, 0.25) is 0 Å². The number of nitrogens with zero attached hydrogens (tertiary/aromatic N) is 4. The van der Waals surface area contributed by atoms with Crippen LogP contribution in [0.1, 0.15) is 30.3 Å². The Balaban J connectivity index is 1.82. The Hall–Kier alpha value is -1.72. The van der Waals surface area contributed by atoms with Crippen molar-refractivity contribution in [1.29, 1.82) is 0 Å². The maximum absolute atomic E-state index is 6.12. The van der Waals surface area contributed by atoms with Crippen LogP contribution < -0.4 is 5.73 Å². The Morgan fingerprint density at radius 3 is 2.82 bits per heavy atom. The Morgan fingerprint density at radius 1 is 1.32 bits per heavy atom. The molecule has 0 amide bonds. The van der Waals surface area contributed by atoms with Crippen LogP contribution in [0.25, 0.3) is 5.82 Å². The van der Waals surface area contributed by atoms with Gasteiger partial charge in [0.15, 0.2) is 5.82 Å². The third kappa shape index (κ3) is 2.91. The van der Waals surface area contributed by atoms with Crippen LogP contribution in [-0.2, 0) is 6.54 Å². The van der Waals surface area contributed by atoms with E-state index >= 15 is 0 Å². The van der Waals surface area contributed by atoms with E-state index in [0.717, 1.165) is 37.6 Å². The molecule has 2 atom stereocenters. The van der Waals surface area contributed by atoms with Gasteiger partial charge in [0.2, 0.25) is 0 Å². The van der Waals surface area contributed by atoms with Crippen LogP contribution in [0, 0.1) is 19.8 Å². The summed E-state index contributed by atoms with van der Waals surface area (Å²) in [4.78, 5) is 6.90. The van der Waals surface area contributed by atoms with Crippen LogP contribution in [0.4, 0.5) is 0 Å². The lowest BCUT2D eigenvalue weighted by atomic mass is 9.94. The van der Waals surface area contributed by atoms with Crippen molar-refractivity contribution < 1.29 is 0 Å². The van der Waals surface area contributed by atoms with Crippen molar-refractivity contribution in [3.8, 4) is 5.82 Å². The van der Waals surface area contributed by atoms with Gasteiger partial charge in [0.1, 0.15) is 0 Å². The van der Waals surface area contributed by atoms with Gasteiger partial charge in [-0.05, 0) is 44.9 Å². The van der Waals surface area contributed by atoms with Crippen LogP contribution in [0.3, 0.4) is 0 Å². The maximum Gasteiger partial charge on any atom is 0.153 e. The molecule has 5 heteroatoms. The second-order valence-electron chi connectivity index (χ2n) is 6.41. The summed E-state index contributed by atoms with van der Waals surface area (Å²) >= 11 is 0. The van der Waals surface area contributed by atoms with Gasteiger partial charge >= 0.3 is 0 Å². The number of likely N-dealkylation sites (tertiary alicyclic amines) is 1. The minimum absolute atomic E-state index is 0.342. The van der Waals surface area contributed by atoms with E-state index in [-0.39, 0.29) is 0 Å². The van der Waals surface area contributed by atoms with Crippen molar-refractivity contribution >= 4 is 0 Å². The molecule has 1 fully saturated rings. The Bertz CT molecular complexity index is 634. The predicted molar refractivity (Wildman–Crippen MR) is 87.9 cm³/mol. The highest BCUT2D eigenvalue weighted by Crippen LogP contribution is 2.22. The molecule has 5 nitrogen and oxygen atoms in total. The molecule has 0 spiro atoms. The molecular weight excluding hydrogens is 274 g/mol. The van der Waals surface area contributed by atoms with Gasteiger partial charge in [0.05, 0.1) is 5.69 Å². The largest absolute Gasteiger partial charge is 0.327 e. The molecule has 2 N–H and O–H groups in total. The fourth-order valence-electron chi connectivity index (χ4n) is 3.22. The molecule has 0 bridgehead atoms. The van der Waals surface area contributed by atoms with E-state index in [4.69, 9.17) is 5.73 Å². The summed E-state index contributed by atoms with van der Waals surface area (Å²) < 4.78 is 1.95. The van der Waals surface area contributed by atoms with Crippen LogP contribution >= 0.6 is 0 Å². The van der Waals surface area contributed by atoms with E-state index in [0.29, 0.717) is 12.0 Å². The average molecular weight is 299 g/mol. The molecule has 2 aromatic rings. The summed E-state index contributed by atoms with van der Waals surface area (Å²) in [5, 5.41) is 4.68. The highest BCUT2D eigenvalue weighted by atomic mass is 15.3. The predicted octanol–water partition coefficient (Wildman–Crippen LogP) is 2.05. The second kappa shape index (κ2) is 6.18. The van der Waals surface area contributed by atoms with Gasteiger partial charge in [-0.15, -0.1) is 0 Å². The number of hydrogen-bond acceptors (Lipinski definition) is 4. The lowest BCUT2D eigenvalue weighted by molar-refractivity contribution is 0.157. The molecule has 2 unspecified atom stereocenters. The summed E-state index contributed by atoms with van der Waals surface area (Å²) in [5.41, 5.74) is 9.70. The van der Waals surface area contributed by atoms with Gasteiger partial charge in [-0.2, -0.15) is 5.10 Å². The van der Waals surface area contributed by atoms with Crippen LogP contribution in [-0.4, -0.2) is 38.8 Å². The summed E-state index contributed by atoms with van der Waals surface area (Å²) in [5.74, 6) is 1.43. The minimum atomic E-state index is 0.342. The average Bonchev–Trinajstić information content (AvgIpc) is 2.80. The molecule has 3 heterocycles. The maximum atomic E-state index is 6.12. The normalized spacial score (nSPS) is 22.9. The molecule has 0 aromatic carbocycles. The van der Waals surface area contributed by atoms with Gasteiger partial charge in [0, 0.05) is 36.6 Å². The van der Waals surface area contributed by atoms with E-state index in [9.17, 15) is 0 Å². The van der Waals surface area contributed by atoms with Crippen molar-refractivity contribution in [2.75, 3.05) is 13.1 Å². The topological polar surface area (TPSA) is 60.0 Å². The molecule has 1 saturated heterocycles. The van der Waals surface area contributed by atoms with E-state index in [1.54, 1.807) is 6.20 Å². The Labute approximate surface area is 132 Å². The third-order valence-corrected chi connectivity index (χ3v) is 4.74. The van der Waals surface area contributed by atoms with Gasteiger partial charge in [-0.25, -0.2) is 9.67 Å². The highest BCUT2D eigenvalue weighted by Gasteiger charge is 2.24. The zero-order chi connectivity index (χ0) is 15.7. The first kappa shape index (κ1) is 15.2. The number of aromatic nitrogens is 3. The van der Waals surface area contributed by atoms with Gasteiger partial charge in [-0.1, -0.05) is 13.0 Å². The first-order chi connectivity index (χ1) is 10.6. The van der Waals surface area contributed by atoms with Crippen molar-refractivity contribution in [3.63, 3.8) is 0 Å². The fourth-order valence-corrected chi connectivity index (χ4v) is 3.22. The monoisotopic (exact) mass is 299 g/mol. The molecule has 0 radical (unpaired) electrons. The molecule has 0 aliphatic carbocycles. The van der Waals surface area contributed by atoms with Crippen LogP contribution in [0.15, 0.2) is 24.4 Å². The number of nitrogens with two attached hydrogens (primary N) is 1. The summed E-state index contributed by atoms with van der Waals surface area (Å²) in [6.07, 6.45) is 2.88. The first-order valence-electron chi connectivity index (χ1n) is 8.00. The summed E-state index contributed by atoms with van der Waals surface area (Å²) in [6, 6.07) is 6.25. The first-order valence-corrected chi connectivity index (χ1v) is 8.00. The summed E-state index contributed by atoms with van der Waals surface area (Å²) in [6.45, 7) is 9.54. The highest BCUT2D eigenvalue weighted by molar-refractivity contribution is 5.32. The van der Waals surface area contributed by atoms with Crippen molar-refractivity contribution in [2.24, 2.45) is 11.7 Å². The summed E-state index contributed by atoms with van der Waals surface area (Å²) in [7, 11) is 0. The van der Waals surface area contributed by atoms with E-state index in [2.05, 4.69) is 35.8 Å². The standard InChI is InChI=1S/C17H25N5/c1-12-10-21(9-7-16(12)18)11-15-13(2)20-22(14(15)3)17-6-4-5-8-19-17/h4-6,8,12,16H,7,9-11,18H2,1-3H3. The molecule has 1 aliphatic heterocycles. The number of piperidine rings is 1. The molecule has 22 heavy (non-hydrogen) atoms. The molecule has 118 valence electrons. The zero-order valence-corrected chi connectivity index (χ0v) is 13.7. The smallest absolute Gasteiger partial charge is 0.153 e. The molecule has 2 aromatic heterocycles. The Morgan fingerprint density at radius 2 is 2.14 bits per heavy atom. The quantitative estimate of drug-likeness (QED) is 0.942. The van der Waals surface area contributed by atoms with E-state index in [1.165, 1.54) is 11.3 Å². The number of hydrogen-bond donors (Lipinski definition) is 1. The minimum Gasteiger partial charge on any atom is -0.327 e. The number of rotatable bonds is 3. The van der Waals surface area contributed by atoms with Crippen LogP contribution in [0.5, 0.6) is 0 Å². The van der Waals surface area contributed by atoms with Gasteiger partial charge in [-0.3, -0.25) is 4.90 Å². The number of pyridine rings is 1. The SMILES string of the molecule is Cc1nn(-c2ccccn2)c(C)c1CN1CCC(N)C(C)C1. The second-order valence-corrected chi connectivity index (χ2v) is 6.41.